The van der Waals surface area contributed by atoms with Crippen molar-refractivity contribution in [3.63, 3.8) is 0 Å². The summed E-state index contributed by atoms with van der Waals surface area (Å²) >= 11 is 0. The predicted molar refractivity (Wildman–Crippen MR) is 50.9 cm³/mol. The predicted octanol–water partition coefficient (Wildman–Crippen LogP) is 1.14. The number of fused-ring (bicyclic) bond motifs is 2. The van der Waals surface area contributed by atoms with Gasteiger partial charge in [0.1, 0.15) is 6.61 Å². The Labute approximate surface area is 79.2 Å². The largest absolute Gasteiger partial charge is 0.396 e. The second-order valence-electron chi connectivity index (χ2n) is 3.22. The van der Waals surface area contributed by atoms with E-state index in [1.165, 1.54) is 25.2 Å². The van der Waals surface area contributed by atoms with Gasteiger partial charge >= 0.3 is 0 Å². The molecule has 2 aliphatic heterocycles. The van der Waals surface area contributed by atoms with Gasteiger partial charge in [-0.2, -0.15) is 0 Å². The van der Waals surface area contributed by atoms with Gasteiger partial charge in [0.2, 0.25) is 0 Å². The summed E-state index contributed by atoms with van der Waals surface area (Å²) in [6, 6.07) is 0. The molecule has 12 heavy (non-hydrogen) atoms. The maximum atomic E-state index is 5.03. The van der Waals surface area contributed by atoms with Crippen LogP contribution in [-0.2, 0) is 4.84 Å². The zero-order valence-electron chi connectivity index (χ0n) is 7.32. The monoisotopic (exact) mass is 190 g/mol. The van der Waals surface area contributed by atoms with Crippen molar-refractivity contribution in [1.82, 2.24) is 4.90 Å². The molecule has 0 N–H and O–H groups in total. The summed E-state index contributed by atoms with van der Waals surface area (Å²) in [4.78, 5) is 7.46. The first-order valence-electron chi connectivity index (χ1n) is 4.31. The van der Waals surface area contributed by atoms with Crippen molar-refractivity contribution in [3.8, 4) is 0 Å². The summed E-state index contributed by atoms with van der Waals surface area (Å²) in [6.45, 7) is 6.18. The zero-order valence-corrected chi connectivity index (χ0v) is 8.14. The zero-order chi connectivity index (χ0) is 7.68. The molecule has 0 radical (unpaired) electrons. The minimum absolute atomic E-state index is 0. The van der Waals surface area contributed by atoms with E-state index in [4.69, 9.17) is 4.84 Å². The number of hydrogen-bond acceptors (Lipinski definition) is 3. The number of halogens is 1. The summed E-state index contributed by atoms with van der Waals surface area (Å²) in [7, 11) is 0. The second kappa shape index (κ2) is 4.10. The van der Waals surface area contributed by atoms with Crippen LogP contribution in [0.3, 0.4) is 0 Å². The Morgan fingerprint density at radius 3 is 3.00 bits per heavy atom. The lowest BCUT2D eigenvalue weighted by atomic mass is 10.0. The Balaban J connectivity index is 0.000000720. The first-order chi connectivity index (χ1) is 5.40. The van der Waals surface area contributed by atoms with E-state index >= 15 is 0 Å². The molecule has 2 rings (SSSR count). The summed E-state index contributed by atoms with van der Waals surface area (Å²) in [6.07, 6.45) is 1.28. The molecule has 70 valence electrons. The van der Waals surface area contributed by atoms with Crippen molar-refractivity contribution in [2.45, 2.75) is 13.3 Å². The molecule has 2 heterocycles. The number of nitrogens with zero attached hydrogens (tertiary/aromatic N) is 2. The Morgan fingerprint density at radius 1 is 1.67 bits per heavy atom. The molecule has 2 aliphatic rings. The van der Waals surface area contributed by atoms with E-state index in [2.05, 4.69) is 10.1 Å². The highest BCUT2D eigenvalue weighted by atomic mass is 35.5. The van der Waals surface area contributed by atoms with Crippen LogP contribution in [0.4, 0.5) is 0 Å². The number of rotatable bonds is 2. The molecule has 0 spiro atoms. The Bertz CT molecular complexity index is 184. The van der Waals surface area contributed by atoms with Gasteiger partial charge in [-0.1, -0.05) is 5.16 Å². The highest BCUT2D eigenvalue weighted by Gasteiger charge is 2.35. The van der Waals surface area contributed by atoms with E-state index in [9.17, 15) is 0 Å². The number of oxime groups is 1. The van der Waals surface area contributed by atoms with Crippen molar-refractivity contribution in [1.29, 1.82) is 0 Å². The van der Waals surface area contributed by atoms with Crippen LogP contribution < -0.4 is 0 Å². The summed E-state index contributed by atoms with van der Waals surface area (Å²) in [5, 5.41) is 4.10. The highest BCUT2D eigenvalue weighted by Crippen LogP contribution is 2.25. The third kappa shape index (κ3) is 1.72. The van der Waals surface area contributed by atoms with Crippen LogP contribution in [0, 0.1) is 5.92 Å². The van der Waals surface area contributed by atoms with Gasteiger partial charge in [0.25, 0.3) is 0 Å². The molecule has 2 bridgehead atoms. The van der Waals surface area contributed by atoms with E-state index in [0.717, 1.165) is 6.54 Å². The van der Waals surface area contributed by atoms with E-state index in [0.29, 0.717) is 12.5 Å². The molecule has 0 aromatic heterocycles. The molecular formula is C8H15ClN2O. The van der Waals surface area contributed by atoms with Gasteiger partial charge in [-0.15, -0.1) is 12.4 Å². The van der Waals surface area contributed by atoms with Gasteiger partial charge in [0.05, 0.1) is 5.71 Å². The highest BCUT2D eigenvalue weighted by molar-refractivity contribution is 5.91. The van der Waals surface area contributed by atoms with Crippen LogP contribution in [0.2, 0.25) is 0 Å². The Hall–Kier alpha value is -0.280. The fourth-order valence-electron chi connectivity index (χ4n) is 1.86. The molecule has 2 atom stereocenters. The van der Waals surface area contributed by atoms with Crippen LogP contribution in [0.5, 0.6) is 0 Å². The normalized spacial score (nSPS) is 35.2. The van der Waals surface area contributed by atoms with E-state index in [-0.39, 0.29) is 12.4 Å². The molecule has 0 amide bonds. The maximum Gasteiger partial charge on any atom is 0.114 e. The third-order valence-electron chi connectivity index (χ3n) is 2.44. The summed E-state index contributed by atoms with van der Waals surface area (Å²) in [5.74, 6) is 0.710. The van der Waals surface area contributed by atoms with Crippen LogP contribution in [0.15, 0.2) is 5.16 Å². The van der Waals surface area contributed by atoms with Crippen LogP contribution in [0.25, 0.3) is 0 Å². The minimum atomic E-state index is 0. The van der Waals surface area contributed by atoms with E-state index in [1.54, 1.807) is 0 Å². The number of hydrogen-bond donors (Lipinski definition) is 0. The van der Waals surface area contributed by atoms with Crippen molar-refractivity contribution in [3.05, 3.63) is 0 Å². The fraction of sp³-hybridized carbons (Fsp3) is 0.875. The fourth-order valence-corrected chi connectivity index (χ4v) is 1.86. The van der Waals surface area contributed by atoms with Gasteiger partial charge in [0, 0.05) is 19.0 Å². The summed E-state index contributed by atoms with van der Waals surface area (Å²) < 4.78 is 0. The molecule has 2 fully saturated rings. The smallest absolute Gasteiger partial charge is 0.114 e. The topological polar surface area (TPSA) is 24.8 Å². The molecule has 0 aromatic rings. The lowest BCUT2D eigenvalue weighted by Crippen LogP contribution is -2.23. The number of piperidine rings is 1. The third-order valence-corrected chi connectivity index (χ3v) is 2.44. The summed E-state index contributed by atoms with van der Waals surface area (Å²) in [5.41, 5.74) is 1.26. The molecule has 2 unspecified atom stereocenters. The molecule has 4 heteroatoms. The van der Waals surface area contributed by atoms with Gasteiger partial charge in [0.15, 0.2) is 0 Å². The van der Waals surface area contributed by atoms with Crippen molar-refractivity contribution in [2.24, 2.45) is 11.1 Å². The van der Waals surface area contributed by atoms with Crippen molar-refractivity contribution >= 4 is 18.1 Å². The Kier molecular flexibility index (Phi) is 3.35. The average molecular weight is 191 g/mol. The molecular weight excluding hydrogens is 176 g/mol. The van der Waals surface area contributed by atoms with Crippen LogP contribution in [-0.4, -0.2) is 36.9 Å². The first kappa shape index (κ1) is 9.81. The van der Waals surface area contributed by atoms with E-state index in [1.807, 2.05) is 6.92 Å². The van der Waals surface area contributed by atoms with Gasteiger partial charge in [-0.05, 0) is 19.9 Å². The molecule has 0 saturated carbocycles. The maximum absolute atomic E-state index is 5.03. The average Bonchev–Trinajstić information content (AvgIpc) is 2.60. The lowest BCUT2D eigenvalue weighted by Gasteiger charge is -2.12. The molecule has 2 saturated heterocycles. The standard InChI is InChI=1S/C8H14N2O.ClH/c1-2-11-9-8-6-10-4-3-7(8)5-10;/h7H,2-6H2,1H3;1H. The molecule has 0 aromatic carbocycles. The Morgan fingerprint density at radius 2 is 2.50 bits per heavy atom. The SMILES string of the molecule is CCON=C1CN2CCC1C2.Cl. The van der Waals surface area contributed by atoms with Gasteiger partial charge in [-0.3, -0.25) is 4.90 Å². The van der Waals surface area contributed by atoms with Crippen LogP contribution in [0.1, 0.15) is 13.3 Å². The lowest BCUT2D eigenvalue weighted by molar-refractivity contribution is 0.156. The minimum Gasteiger partial charge on any atom is -0.396 e. The van der Waals surface area contributed by atoms with Gasteiger partial charge in [-0.25, -0.2) is 0 Å². The quantitative estimate of drug-likeness (QED) is 0.610. The molecule has 0 aliphatic carbocycles. The van der Waals surface area contributed by atoms with Crippen LogP contribution >= 0.6 is 12.4 Å². The van der Waals surface area contributed by atoms with E-state index < -0.39 is 0 Å². The van der Waals surface area contributed by atoms with Gasteiger partial charge < -0.3 is 4.84 Å². The first-order valence-corrected chi connectivity index (χ1v) is 4.31. The van der Waals surface area contributed by atoms with Crippen molar-refractivity contribution < 1.29 is 4.84 Å². The second-order valence-corrected chi connectivity index (χ2v) is 3.22. The van der Waals surface area contributed by atoms with Crippen molar-refractivity contribution in [2.75, 3.05) is 26.2 Å². The molecule has 3 nitrogen and oxygen atoms in total.